The van der Waals surface area contributed by atoms with Crippen LogP contribution in [0, 0.1) is 0 Å². The normalized spacial score (nSPS) is 12.5. The van der Waals surface area contributed by atoms with E-state index < -0.39 is 0 Å². The van der Waals surface area contributed by atoms with Crippen LogP contribution < -0.4 is 10.5 Å². The van der Waals surface area contributed by atoms with Gasteiger partial charge < -0.3 is 10.5 Å². The van der Waals surface area contributed by atoms with Crippen LogP contribution in [0.15, 0.2) is 48.7 Å². The van der Waals surface area contributed by atoms with Crippen LogP contribution in [-0.4, -0.2) is 12.1 Å². The second kappa shape index (κ2) is 4.99. The van der Waals surface area contributed by atoms with Crippen molar-refractivity contribution in [3.05, 3.63) is 59.2 Å². The fourth-order valence-corrected chi connectivity index (χ4v) is 3.17. The number of ether oxygens (including phenoxy) is 1. The Balaban J connectivity index is 2.05. The first-order chi connectivity index (χ1) is 9.29. The van der Waals surface area contributed by atoms with Crippen LogP contribution in [0.1, 0.15) is 16.6 Å². The van der Waals surface area contributed by atoms with Crippen molar-refractivity contribution >= 4 is 21.4 Å². The van der Waals surface area contributed by atoms with Gasteiger partial charge in [-0.25, -0.2) is 0 Å². The molecule has 1 unspecified atom stereocenters. The summed E-state index contributed by atoms with van der Waals surface area (Å²) in [5.74, 6) is 0.729. The molecule has 4 heteroatoms. The Hall–Kier alpha value is -1.91. The van der Waals surface area contributed by atoms with Crippen molar-refractivity contribution in [2.75, 3.05) is 7.11 Å². The van der Waals surface area contributed by atoms with E-state index in [-0.39, 0.29) is 6.04 Å². The van der Waals surface area contributed by atoms with Gasteiger partial charge in [-0.3, -0.25) is 4.98 Å². The summed E-state index contributed by atoms with van der Waals surface area (Å²) in [6, 6.07) is 13.9. The number of benzene rings is 1. The number of aromatic nitrogens is 1. The number of nitrogens with two attached hydrogens (primary N) is 1. The van der Waals surface area contributed by atoms with E-state index in [2.05, 4.69) is 23.2 Å². The molecule has 1 aromatic carbocycles. The molecule has 2 heterocycles. The minimum atomic E-state index is -0.256. The van der Waals surface area contributed by atoms with E-state index in [1.165, 1.54) is 10.1 Å². The highest BCUT2D eigenvalue weighted by Crippen LogP contribution is 2.33. The molecule has 19 heavy (non-hydrogen) atoms. The van der Waals surface area contributed by atoms with E-state index in [0.717, 1.165) is 16.3 Å². The fourth-order valence-electron chi connectivity index (χ4n) is 2.10. The summed E-state index contributed by atoms with van der Waals surface area (Å²) in [6.45, 7) is 0. The molecule has 0 saturated heterocycles. The predicted molar refractivity (Wildman–Crippen MR) is 78.6 cm³/mol. The van der Waals surface area contributed by atoms with Crippen LogP contribution in [0.25, 0.3) is 10.1 Å². The Morgan fingerprint density at radius 2 is 2.05 bits per heavy atom. The third kappa shape index (κ3) is 2.20. The van der Waals surface area contributed by atoms with Gasteiger partial charge >= 0.3 is 0 Å². The fraction of sp³-hybridized carbons (Fsp3) is 0.133. The zero-order valence-corrected chi connectivity index (χ0v) is 11.4. The maximum absolute atomic E-state index is 6.32. The zero-order chi connectivity index (χ0) is 13.2. The number of thiophene rings is 1. The maximum atomic E-state index is 6.32. The molecule has 0 saturated carbocycles. The Morgan fingerprint density at radius 1 is 1.21 bits per heavy atom. The molecule has 0 aliphatic rings. The summed E-state index contributed by atoms with van der Waals surface area (Å²) < 4.78 is 6.56. The van der Waals surface area contributed by atoms with Crippen LogP contribution in [0.5, 0.6) is 5.75 Å². The van der Waals surface area contributed by atoms with Gasteiger partial charge in [0.1, 0.15) is 11.4 Å². The van der Waals surface area contributed by atoms with E-state index in [1.807, 2.05) is 24.3 Å². The summed E-state index contributed by atoms with van der Waals surface area (Å²) in [7, 11) is 1.64. The number of fused-ring (bicyclic) bond motifs is 1. The predicted octanol–water partition coefficient (Wildman–Crippen LogP) is 3.35. The molecule has 0 aliphatic carbocycles. The molecular weight excluding hydrogens is 256 g/mol. The highest BCUT2D eigenvalue weighted by molar-refractivity contribution is 7.19. The van der Waals surface area contributed by atoms with Crippen molar-refractivity contribution < 1.29 is 4.74 Å². The highest BCUT2D eigenvalue weighted by atomic mass is 32.1. The Morgan fingerprint density at radius 3 is 2.84 bits per heavy atom. The SMILES string of the molecule is COc1cccnc1C(N)c1cc2ccccc2s1. The lowest BCUT2D eigenvalue weighted by Gasteiger charge is -2.12. The van der Waals surface area contributed by atoms with Gasteiger partial charge in [-0.05, 0) is 29.7 Å². The van der Waals surface area contributed by atoms with Crippen LogP contribution >= 0.6 is 11.3 Å². The molecule has 0 aliphatic heterocycles. The minimum absolute atomic E-state index is 0.256. The summed E-state index contributed by atoms with van der Waals surface area (Å²) in [6.07, 6.45) is 1.74. The van der Waals surface area contributed by atoms with Crippen LogP contribution in [0.3, 0.4) is 0 Å². The lowest BCUT2D eigenvalue weighted by molar-refractivity contribution is 0.405. The van der Waals surface area contributed by atoms with Gasteiger partial charge in [0, 0.05) is 15.8 Å². The van der Waals surface area contributed by atoms with Gasteiger partial charge in [0.2, 0.25) is 0 Å². The molecule has 1 atom stereocenters. The van der Waals surface area contributed by atoms with Crippen LogP contribution in [0.4, 0.5) is 0 Å². The van der Waals surface area contributed by atoms with Crippen molar-refractivity contribution in [1.29, 1.82) is 0 Å². The Bertz CT molecular complexity index is 675. The summed E-state index contributed by atoms with van der Waals surface area (Å²) in [5.41, 5.74) is 7.10. The van der Waals surface area contributed by atoms with E-state index in [1.54, 1.807) is 24.6 Å². The van der Waals surface area contributed by atoms with Crippen molar-refractivity contribution in [2.24, 2.45) is 5.73 Å². The summed E-state index contributed by atoms with van der Waals surface area (Å²) >= 11 is 1.70. The van der Waals surface area contributed by atoms with Gasteiger partial charge in [0.15, 0.2) is 0 Å². The third-order valence-electron chi connectivity index (χ3n) is 3.07. The van der Waals surface area contributed by atoms with E-state index in [0.29, 0.717) is 0 Å². The standard InChI is InChI=1S/C15H14N2OS/c1-18-11-6-4-8-17-15(11)14(16)13-9-10-5-2-3-7-12(10)19-13/h2-9,14H,16H2,1H3. The number of nitrogens with zero attached hydrogens (tertiary/aromatic N) is 1. The molecule has 0 fully saturated rings. The molecule has 3 aromatic rings. The van der Waals surface area contributed by atoms with Crippen LogP contribution in [0.2, 0.25) is 0 Å². The highest BCUT2D eigenvalue weighted by Gasteiger charge is 2.17. The summed E-state index contributed by atoms with van der Waals surface area (Å²) in [4.78, 5) is 5.45. The maximum Gasteiger partial charge on any atom is 0.142 e. The number of pyridine rings is 1. The van der Waals surface area contributed by atoms with Gasteiger partial charge in [-0.15, -0.1) is 11.3 Å². The van der Waals surface area contributed by atoms with Gasteiger partial charge in [-0.1, -0.05) is 18.2 Å². The Kier molecular flexibility index (Phi) is 3.19. The second-order valence-electron chi connectivity index (χ2n) is 4.26. The first kappa shape index (κ1) is 12.1. The molecule has 96 valence electrons. The molecule has 0 bridgehead atoms. The average molecular weight is 270 g/mol. The Labute approximate surface area is 115 Å². The minimum Gasteiger partial charge on any atom is -0.495 e. The van der Waals surface area contributed by atoms with E-state index in [4.69, 9.17) is 10.5 Å². The molecule has 0 spiro atoms. The quantitative estimate of drug-likeness (QED) is 0.794. The van der Waals surface area contributed by atoms with Gasteiger partial charge in [0.25, 0.3) is 0 Å². The van der Waals surface area contributed by atoms with Gasteiger partial charge in [0.05, 0.1) is 13.2 Å². The van der Waals surface area contributed by atoms with Crippen molar-refractivity contribution in [1.82, 2.24) is 4.98 Å². The molecule has 3 rings (SSSR count). The van der Waals surface area contributed by atoms with E-state index in [9.17, 15) is 0 Å². The largest absolute Gasteiger partial charge is 0.495 e. The number of methoxy groups -OCH3 is 1. The van der Waals surface area contributed by atoms with Crippen LogP contribution in [-0.2, 0) is 0 Å². The number of hydrogen-bond donors (Lipinski definition) is 1. The first-order valence-electron chi connectivity index (χ1n) is 6.02. The topological polar surface area (TPSA) is 48.1 Å². The van der Waals surface area contributed by atoms with Gasteiger partial charge in [-0.2, -0.15) is 0 Å². The lowest BCUT2D eigenvalue weighted by atomic mass is 10.1. The average Bonchev–Trinajstić information content (AvgIpc) is 2.90. The zero-order valence-electron chi connectivity index (χ0n) is 10.5. The molecule has 2 N–H and O–H groups in total. The van der Waals surface area contributed by atoms with Crippen molar-refractivity contribution in [2.45, 2.75) is 6.04 Å². The van der Waals surface area contributed by atoms with E-state index >= 15 is 0 Å². The third-order valence-corrected chi connectivity index (χ3v) is 4.26. The summed E-state index contributed by atoms with van der Waals surface area (Å²) in [5, 5.41) is 1.22. The molecule has 0 amide bonds. The molecule has 0 radical (unpaired) electrons. The number of hydrogen-bond acceptors (Lipinski definition) is 4. The molecular formula is C15H14N2OS. The van der Waals surface area contributed by atoms with Crippen molar-refractivity contribution in [3.63, 3.8) is 0 Å². The first-order valence-corrected chi connectivity index (χ1v) is 6.84. The number of rotatable bonds is 3. The molecule has 3 nitrogen and oxygen atoms in total. The lowest BCUT2D eigenvalue weighted by Crippen LogP contribution is -2.13. The molecule has 2 aromatic heterocycles. The second-order valence-corrected chi connectivity index (χ2v) is 5.37. The smallest absolute Gasteiger partial charge is 0.142 e. The van der Waals surface area contributed by atoms with Crippen molar-refractivity contribution in [3.8, 4) is 5.75 Å². The monoisotopic (exact) mass is 270 g/mol.